The molecule has 3 aliphatic heterocycles. The molecule has 18 heteroatoms. The van der Waals surface area contributed by atoms with E-state index in [9.17, 15) is 23.3 Å². The maximum atomic E-state index is 14.4. The number of rotatable bonds is 14. The minimum atomic E-state index is -4.58. The van der Waals surface area contributed by atoms with E-state index >= 15 is 0 Å². The van der Waals surface area contributed by atoms with Gasteiger partial charge in [-0.1, -0.05) is 36.2 Å². The molecule has 5 heterocycles. The maximum Gasteiger partial charge on any atom is 0.293 e. The number of carbonyl (C=O) groups is 1. The fourth-order valence-electron chi connectivity index (χ4n) is 9.94. The molecule has 3 N–H and O–H groups in total. The van der Waals surface area contributed by atoms with E-state index in [1.807, 2.05) is 41.3 Å². The molecule has 16 nitrogen and oxygen atoms in total. The molecule has 354 valence electrons. The second-order valence-corrected chi connectivity index (χ2v) is 20.5. The second kappa shape index (κ2) is 19.9. The fraction of sp³-hybridized carbons (Fsp3) is 0.429. The molecular weight excluding hydrogens is 896 g/mol. The number of nitrogens with one attached hydrogen (secondary N) is 3. The molecule has 0 radical (unpaired) electrons. The first-order valence-corrected chi connectivity index (χ1v) is 24.9. The topological polar surface area (TPSA) is 185 Å². The Bertz CT molecular complexity index is 2770. The van der Waals surface area contributed by atoms with Crippen molar-refractivity contribution in [2.75, 3.05) is 94.5 Å². The van der Waals surface area contributed by atoms with Crippen molar-refractivity contribution in [2.45, 2.75) is 50.3 Å². The molecule has 0 saturated carbocycles. The van der Waals surface area contributed by atoms with E-state index in [4.69, 9.17) is 30.8 Å². The predicted molar refractivity (Wildman–Crippen MR) is 260 cm³/mol. The summed E-state index contributed by atoms with van der Waals surface area (Å²) in [6.45, 7) is 9.49. The molecule has 2 aromatic heterocycles. The van der Waals surface area contributed by atoms with Gasteiger partial charge >= 0.3 is 0 Å². The van der Waals surface area contributed by atoms with E-state index in [1.165, 1.54) is 28.8 Å². The Hall–Kier alpha value is -5.72. The number of nitro benzene ring substituents is 1. The zero-order chi connectivity index (χ0) is 46.7. The molecule has 0 bridgehead atoms. The van der Waals surface area contributed by atoms with Crippen LogP contribution < -0.4 is 24.6 Å². The van der Waals surface area contributed by atoms with Gasteiger partial charge in [0.1, 0.15) is 17.0 Å². The Balaban J connectivity index is 0.987. The minimum Gasteiger partial charge on any atom is -0.476 e. The molecule has 1 amide bonds. The molecule has 2 fully saturated rings. The Morgan fingerprint density at radius 1 is 1.00 bits per heavy atom. The first-order chi connectivity index (χ1) is 32.4. The van der Waals surface area contributed by atoms with E-state index < -0.39 is 31.4 Å². The van der Waals surface area contributed by atoms with Gasteiger partial charge in [0.2, 0.25) is 5.88 Å². The lowest BCUT2D eigenvalue weighted by atomic mass is 9.72. The van der Waals surface area contributed by atoms with Crippen molar-refractivity contribution in [3.63, 3.8) is 0 Å². The van der Waals surface area contributed by atoms with Gasteiger partial charge in [-0.15, -0.1) is 0 Å². The average molecular weight is 954 g/mol. The summed E-state index contributed by atoms with van der Waals surface area (Å²) in [6.07, 6.45) is 7.00. The third-order valence-corrected chi connectivity index (χ3v) is 15.1. The van der Waals surface area contributed by atoms with Crippen LogP contribution in [0.15, 0.2) is 89.5 Å². The van der Waals surface area contributed by atoms with Crippen LogP contribution in [-0.2, 0) is 19.5 Å². The zero-order valence-corrected chi connectivity index (χ0v) is 39.5. The maximum absolute atomic E-state index is 14.4. The smallest absolute Gasteiger partial charge is 0.293 e. The molecule has 1 atom stereocenters. The van der Waals surface area contributed by atoms with E-state index in [2.05, 4.69) is 43.9 Å². The summed E-state index contributed by atoms with van der Waals surface area (Å²) in [5.41, 5.74) is 6.63. The number of hydrogen-bond acceptors (Lipinski definition) is 13. The van der Waals surface area contributed by atoms with Gasteiger partial charge in [-0.2, -0.15) is 4.98 Å². The highest BCUT2D eigenvalue weighted by Crippen LogP contribution is 2.44. The van der Waals surface area contributed by atoms with Crippen LogP contribution in [0.5, 0.6) is 5.88 Å². The normalized spacial score (nSPS) is 19.7. The van der Waals surface area contributed by atoms with Crippen molar-refractivity contribution >= 4 is 72.6 Å². The number of piperazine rings is 1. The van der Waals surface area contributed by atoms with Gasteiger partial charge in [0.05, 0.1) is 34.3 Å². The molecule has 67 heavy (non-hydrogen) atoms. The van der Waals surface area contributed by atoms with Crippen LogP contribution in [0, 0.1) is 21.4 Å². The second-order valence-electron chi connectivity index (χ2n) is 18.4. The number of allylic oxidation sites excluding steroid dienone is 1. The van der Waals surface area contributed by atoms with Gasteiger partial charge in [-0.25, -0.2) is 13.1 Å². The number of anilines is 4. The van der Waals surface area contributed by atoms with Gasteiger partial charge in [0.15, 0.2) is 0 Å². The number of methoxy groups -OCH3 is 1. The van der Waals surface area contributed by atoms with Crippen molar-refractivity contribution in [3.8, 4) is 5.88 Å². The van der Waals surface area contributed by atoms with E-state index in [0.717, 1.165) is 87.0 Å². The summed E-state index contributed by atoms with van der Waals surface area (Å²) in [5, 5.41) is 16.9. The number of H-pyrrole nitrogens is 1. The van der Waals surface area contributed by atoms with Crippen molar-refractivity contribution in [3.05, 3.63) is 111 Å². The first kappa shape index (κ1) is 46.4. The Morgan fingerprint density at radius 3 is 2.55 bits per heavy atom. The van der Waals surface area contributed by atoms with Crippen LogP contribution in [0.2, 0.25) is 5.02 Å². The number of amides is 1. The molecular formula is C49H57ClN8O8S. The summed E-state index contributed by atoms with van der Waals surface area (Å²) < 4.78 is 47.4. The van der Waals surface area contributed by atoms with Gasteiger partial charge in [0.25, 0.3) is 21.6 Å². The van der Waals surface area contributed by atoms with E-state index in [0.29, 0.717) is 68.8 Å². The van der Waals surface area contributed by atoms with E-state index in [1.54, 1.807) is 19.4 Å². The van der Waals surface area contributed by atoms with Crippen LogP contribution in [0.4, 0.5) is 28.4 Å². The molecule has 9 rings (SSSR count). The van der Waals surface area contributed by atoms with Crippen molar-refractivity contribution in [2.24, 2.45) is 11.3 Å². The summed E-state index contributed by atoms with van der Waals surface area (Å²) in [5.74, 6) is -0.220. The van der Waals surface area contributed by atoms with Gasteiger partial charge in [-0.05, 0) is 116 Å². The number of hydrogen-bond donors (Lipinski definition) is 3. The number of benzene rings is 3. The highest BCUT2D eigenvalue weighted by Gasteiger charge is 2.34. The molecule has 0 spiro atoms. The van der Waals surface area contributed by atoms with Crippen molar-refractivity contribution in [1.82, 2.24) is 19.6 Å². The van der Waals surface area contributed by atoms with Crippen LogP contribution in [0.25, 0.3) is 16.6 Å². The quantitative estimate of drug-likeness (QED) is 0.0713. The summed E-state index contributed by atoms with van der Waals surface area (Å²) in [6, 6.07) is 21.1. The number of halogens is 1. The van der Waals surface area contributed by atoms with E-state index in [-0.39, 0.29) is 22.6 Å². The first-order valence-electron chi connectivity index (χ1n) is 23.0. The lowest BCUT2D eigenvalue weighted by Crippen LogP contribution is -2.47. The monoisotopic (exact) mass is 952 g/mol. The number of pyridine rings is 1. The molecule has 4 aliphatic rings. The number of nitrogens with zero attached hydrogens (tertiary/aromatic N) is 5. The van der Waals surface area contributed by atoms with Crippen LogP contribution in [0.1, 0.15) is 61.4 Å². The van der Waals surface area contributed by atoms with Gasteiger partial charge in [0, 0.05) is 94.5 Å². The summed E-state index contributed by atoms with van der Waals surface area (Å²) in [4.78, 5) is 40.3. The number of aromatic nitrogens is 2. The van der Waals surface area contributed by atoms with Gasteiger partial charge in [-0.3, -0.25) is 19.8 Å². The SMILES string of the molecule is COCC1(C)CCC(c2ccc(Cl)cc2)=C(CN2CCN(c3ccc(C(=O)NS(=O)(=O)c4ccc(NCC5CCOCC5)c([N+](=O)[O-])c4)c(N4CCCOc5nc6[nH]ccc6cc54)c3)CC2)C1. The lowest BCUT2D eigenvalue weighted by Gasteiger charge is -2.40. The molecule has 3 aromatic carbocycles. The minimum absolute atomic E-state index is 0.0512. The fourth-order valence-corrected chi connectivity index (χ4v) is 11.0. The number of carbonyl (C=O) groups excluding carboxylic acids is 1. The van der Waals surface area contributed by atoms with Crippen LogP contribution >= 0.6 is 11.6 Å². The third kappa shape index (κ3) is 10.4. The Morgan fingerprint density at radius 2 is 1.79 bits per heavy atom. The number of nitro groups is 1. The Kier molecular flexibility index (Phi) is 13.8. The van der Waals surface area contributed by atoms with Crippen LogP contribution in [0.3, 0.4) is 0 Å². The highest BCUT2D eigenvalue weighted by molar-refractivity contribution is 7.90. The number of aromatic amines is 1. The van der Waals surface area contributed by atoms with Gasteiger partial charge < -0.3 is 34.3 Å². The largest absolute Gasteiger partial charge is 0.476 e. The molecule has 1 unspecified atom stereocenters. The van der Waals surface area contributed by atoms with Crippen molar-refractivity contribution < 1.29 is 32.3 Å². The molecule has 5 aromatic rings. The molecule has 1 aliphatic carbocycles. The number of fused-ring (bicyclic) bond motifs is 2. The number of ether oxygens (including phenoxy) is 3. The highest BCUT2D eigenvalue weighted by atomic mass is 35.5. The number of sulfonamides is 1. The average Bonchev–Trinajstić information content (AvgIpc) is 3.69. The van der Waals surface area contributed by atoms with Crippen molar-refractivity contribution in [1.29, 1.82) is 0 Å². The lowest BCUT2D eigenvalue weighted by molar-refractivity contribution is -0.384. The third-order valence-electron chi connectivity index (χ3n) is 13.6. The Labute approximate surface area is 395 Å². The molecule has 2 saturated heterocycles. The predicted octanol–water partition coefficient (Wildman–Crippen LogP) is 8.41. The van der Waals surface area contributed by atoms with Crippen LogP contribution in [-0.4, -0.2) is 113 Å². The zero-order valence-electron chi connectivity index (χ0n) is 37.9. The summed E-state index contributed by atoms with van der Waals surface area (Å²) in [7, 11) is -2.80. The standard InChI is InChI=1S/C49H57ClN8O8S/c1-49(32-64-2)16-12-40(34-4-6-37(50)7-5-34)36(29-49)31-55-19-21-56(22-20-55)38-8-10-41(43(27-38)57-18-3-23-66-48-45(57)26-35-13-17-51-46(35)53-48)47(59)54-67(62,63)39-9-11-42(44(28-39)58(60)61)52-30-33-14-24-65-25-15-33/h4-11,13,17,26-28,33,52H,3,12,14-16,18-25,29-32H2,1-2H3,(H,51,53)(H,54,59). The summed E-state index contributed by atoms with van der Waals surface area (Å²) >= 11 is 6.29.